The van der Waals surface area contributed by atoms with E-state index in [4.69, 9.17) is 15.6 Å². The number of carbonyl (C=O) groups excluding carboxylic acids is 1. The largest absolute Gasteiger partial charge is 0.490 e. The summed E-state index contributed by atoms with van der Waals surface area (Å²) in [6, 6.07) is 9.26. The van der Waals surface area contributed by atoms with Gasteiger partial charge in [-0.1, -0.05) is 17.4 Å². The van der Waals surface area contributed by atoms with Crippen LogP contribution in [0.5, 0.6) is 0 Å². The number of aromatic amines is 1. The Morgan fingerprint density at radius 3 is 2.18 bits per heavy atom. The van der Waals surface area contributed by atoms with Gasteiger partial charge in [0.05, 0.1) is 10.5 Å². The van der Waals surface area contributed by atoms with Gasteiger partial charge in [-0.25, -0.2) is 27.0 Å². The zero-order chi connectivity index (χ0) is 32.2. The van der Waals surface area contributed by atoms with Gasteiger partial charge in [-0.2, -0.15) is 22.7 Å². The molecule has 1 aliphatic heterocycles. The number of sulfonamides is 1. The Hall–Kier alpha value is -4.56. The van der Waals surface area contributed by atoms with Crippen molar-refractivity contribution in [3.05, 3.63) is 64.5 Å². The van der Waals surface area contributed by atoms with E-state index >= 15 is 0 Å². The molecule has 44 heavy (non-hydrogen) atoms. The minimum Gasteiger partial charge on any atom is -0.475 e. The fraction of sp³-hybridized carbons (Fsp3) is 0.250. The molecular weight excluding hydrogens is 639 g/mol. The summed E-state index contributed by atoms with van der Waals surface area (Å²) in [5.41, 5.74) is 5.81. The molecule has 234 valence electrons. The number of hydrogen-bond acceptors (Lipinski definition) is 11. The number of thiazole rings is 1. The number of H-pyrrole nitrogens is 1. The minimum atomic E-state index is -5.08. The quantitative estimate of drug-likeness (QED) is 0.168. The summed E-state index contributed by atoms with van der Waals surface area (Å²) in [6.07, 6.45) is -4.13. The molecule has 4 aromatic rings. The second-order valence-corrected chi connectivity index (χ2v) is 12.0. The maximum atomic E-state index is 14.0. The molecule has 20 heteroatoms. The Bertz CT molecular complexity index is 1720. The van der Waals surface area contributed by atoms with Crippen molar-refractivity contribution in [1.29, 1.82) is 0 Å². The van der Waals surface area contributed by atoms with E-state index < -0.39 is 45.2 Å². The second-order valence-electron chi connectivity index (χ2n) is 9.04. The molecule has 13 nitrogen and oxygen atoms in total. The summed E-state index contributed by atoms with van der Waals surface area (Å²) in [5, 5.41) is 24.2. The number of nitrogens with zero attached hydrogens (tertiary/aromatic N) is 5. The molecular formula is C24H21F5N8O5S2. The zero-order valence-corrected chi connectivity index (χ0v) is 23.7. The summed E-state index contributed by atoms with van der Waals surface area (Å²) in [5.74, 6) is -5.37. The van der Waals surface area contributed by atoms with Crippen molar-refractivity contribution >= 4 is 44.1 Å². The van der Waals surface area contributed by atoms with Crippen LogP contribution >= 0.6 is 11.3 Å². The maximum absolute atomic E-state index is 14.0. The molecule has 5 N–H and O–H groups in total. The van der Waals surface area contributed by atoms with E-state index in [1.807, 2.05) is 0 Å². The topological polar surface area (TPSA) is 197 Å². The monoisotopic (exact) mass is 660 g/mol. The van der Waals surface area contributed by atoms with Crippen molar-refractivity contribution in [2.45, 2.75) is 30.0 Å². The maximum Gasteiger partial charge on any atom is 0.490 e. The smallest absolute Gasteiger partial charge is 0.475 e. The van der Waals surface area contributed by atoms with Crippen LogP contribution in [0.3, 0.4) is 0 Å². The van der Waals surface area contributed by atoms with Gasteiger partial charge in [0.1, 0.15) is 22.3 Å². The van der Waals surface area contributed by atoms with Crippen LogP contribution in [0.2, 0.25) is 0 Å². The van der Waals surface area contributed by atoms with Crippen molar-refractivity contribution < 1.29 is 45.1 Å². The van der Waals surface area contributed by atoms with Gasteiger partial charge in [-0.3, -0.25) is 4.79 Å². The van der Waals surface area contributed by atoms with Gasteiger partial charge >= 0.3 is 12.1 Å². The van der Waals surface area contributed by atoms with E-state index in [1.165, 1.54) is 22.5 Å². The number of carbonyl (C=O) groups is 2. The summed E-state index contributed by atoms with van der Waals surface area (Å²) in [4.78, 5) is 25.8. The fourth-order valence-corrected chi connectivity index (χ4v) is 6.39. The average molecular weight is 661 g/mol. The lowest BCUT2D eigenvalue weighted by molar-refractivity contribution is -0.192. The lowest BCUT2D eigenvalue weighted by Crippen LogP contribution is -2.42. The SMILES string of the molecule is Nc1nc(NC2CCN(S(=O)(=O)c3ccc(-c4nn[nH]n4)cc3)CC2)sc1C(=O)c1c(F)cccc1F.O=C(O)C(F)(F)F. The highest BCUT2D eigenvalue weighted by Crippen LogP contribution is 2.31. The number of aromatic nitrogens is 5. The highest BCUT2D eigenvalue weighted by Gasteiger charge is 2.38. The molecule has 1 aliphatic rings. The summed E-state index contributed by atoms with van der Waals surface area (Å²) >= 11 is 0.898. The predicted molar refractivity (Wildman–Crippen MR) is 145 cm³/mol. The molecule has 0 unspecified atom stereocenters. The number of piperidine rings is 1. The second kappa shape index (κ2) is 13.0. The molecule has 0 bridgehead atoms. The highest BCUT2D eigenvalue weighted by atomic mass is 32.2. The molecule has 0 atom stereocenters. The van der Waals surface area contributed by atoms with Crippen molar-refractivity contribution in [2.75, 3.05) is 24.1 Å². The molecule has 1 saturated heterocycles. The first-order valence-corrected chi connectivity index (χ1v) is 14.6. The molecule has 5 rings (SSSR count). The van der Waals surface area contributed by atoms with Gasteiger partial charge < -0.3 is 16.2 Å². The Labute approximate surface area is 249 Å². The first kappa shape index (κ1) is 32.4. The summed E-state index contributed by atoms with van der Waals surface area (Å²) in [6.45, 7) is 0.527. The van der Waals surface area contributed by atoms with Crippen molar-refractivity contribution in [3.8, 4) is 11.4 Å². The highest BCUT2D eigenvalue weighted by molar-refractivity contribution is 7.89. The number of alkyl halides is 3. The number of halogens is 5. The van der Waals surface area contributed by atoms with E-state index in [9.17, 15) is 35.2 Å². The number of rotatable bonds is 7. The number of ketones is 1. The number of nitrogen functional groups attached to an aromatic ring is 1. The van der Waals surface area contributed by atoms with E-state index in [2.05, 4.69) is 30.9 Å². The van der Waals surface area contributed by atoms with Gasteiger partial charge in [-0.05, 0) is 54.5 Å². The molecule has 1 fully saturated rings. The summed E-state index contributed by atoms with van der Waals surface area (Å²) in [7, 11) is -3.70. The van der Waals surface area contributed by atoms with Gasteiger partial charge in [0, 0.05) is 24.7 Å². The van der Waals surface area contributed by atoms with Gasteiger partial charge in [0.2, 0.25) is 21.6 Å². The number of hydrogen-bond donors (Lipinski definition) is 4. The Kier molecular flexibility index (Phi) is 9.54. The first-order valence-electron chi connectivity index (χ1n) is 12.3. The number of benzene rings is 2. The third-order valence-corrected chi connectivity index (χ3v) is 9.08. The van der Waals surface area contributed by atoms with Crippen LogP contribution in [0.1, 0.15) is 28.1 Å². The molecule has 3 heterocycles. The number of nitrogens with one attached hydrogen (secondary N) is 2. The van der Waals surface area contributed by atoms with Crippen LogP contribution in [-0.4, -0.2) is 80.5 Å². The predicted octanol–water partition coefficient (Wildman–Crippen LogP) is 3.31. The lowest BCUT2D eigenvalue weighted by atomic mass is 10.1. The van der Waals surface area contributed by atoms with Gasteiger partial charge in [0.25, 0.3) is 0 Å². The minimum absolute atomic E-state index is 0.0734. The molecule has 0 spiro atoms. The number of carboxylic acids is 1. The van der Waals surface area contributed by atoms with Crippen LogP contribution in [0.25, 0.3) is 11.4 Å². The van der Waals surface area contributed by atoms with Gasteiger partial charge in [0.15, 0.2) is 5.13 Å². The third kappa shape index (κ3) is 7.32. The van der Waals surface area contributed by atoms with E-state index in [1.54, 1.807) is 12.1 Å². The molecule has 0 aliphatic carbocycles. The standard InChI is InChI=1S/C22H20F2N8O3S2.C2HF3O2/c23-15-2-1-3-16(24)17(15)18(33)19-20(25)27-22(36-19)26-13-8-10-32(11-9-13)37(34,35)14-6-4-12(5-7-14)21-28-30-31-29-21;3-2(4,5)1(6)7/h1-7,13H,8-11,25H2,(H,26,27)(H,28,29,30,31);(H,6,7). The normalized spacial score (nSPS) is 14.5. The van der Waals surface area contributed by atoms with Crippen LogP contribution < -0.4 is 11.1 Å². The number of tetrazole rings is 1. The summed E-state index contributed by atoms with van der Waals surface area (Å²) < 4.78 is 87.4. The third-order valence-electron chi connectivity index (χ3n) is 6.17. The number of aliphatic carboxylic acids is 1. The zero-order valence-electron chi connectivity index (χ0n) is 22.0. The number of carboxylic acid groups (broad SMARTS) is 1. The van der Waals surface area contributed by atoms with E-state index in [0.29, 0.717) is 29.4 Å². The van der Waals surface area contributed by atoms with Gasteiger partial charge in [-0.15, -0.1) is 10.2 Å². The molecule has 0 radical (unpaired) electrons. The molecule has 2 aromatic carbocycles. The number of anilines is 2. The number of nitrogens with two attached hydrogens (primary N) is 1. The van der Waals surface area contributed by atoms with Crippen molar-refractivity contribution in [2.24, 2.45) is 0 Å². The van der Waals surface area contributed by atoms with E-state index in [0.717, 1.165) is 23.5 Å². The van der Waals surface area contributed by atoms with Crippen LogP contribution in [0, 0.1) is 11.6 Å². The molecule has 0 saturated carbocycles. The lowest BCUT2D eigenvalue weighted by Gasteiger charge is -2.31. The first-order chi connectivity index (χ1) is 20.7. The van der Waals surface area contributed by atoms with Crippen LogP contribution in [-0.2, 0) is 14.8 Å². The Morgan fingerprint density at radius 1 is 1.07 bits per heavy atom. The fourth-order valence-electron chi connectivity index (χ4n) is 4.01. The molecule has 2 aromatic heterocycles. The van der Waals surface area contributed by atoms with E-state index in [-0.39, 0.29) is 34.7 Å². The average Bonchev–Trinajstić information content (AvgIpc) is 3.63. The van der Waals surface area contributed by atoms with Crippen LogP contribution in [0.4, 0.5) is 32.9 Å². The Morgan fingerprint density at radius 2 is 1.66 bits per heavy atom. The van der Waals surface area contributed by atoms with Crippen molar-refractivity contribution in [3.63, 3.8) is 0 Å². The van der Waals surface area contributed by atoms with Crippen molar-refractivity contribution in [1.82, 2.24) is 29.9 Å². The molecule has 0 amide bonds. The van der Waals surface area contributed by atoms with Crippen LogP contribution in [0.15, 0.2) is 47.4 Å². The Balaban J connectivity index is 0.000000566.